The van der Waals surface area contributed by atoms with E-state index in [9.17, 15) is 4.79 Å². The van der Waals surface area contributed by atoms with E-state index in [2.05, 4.69) is 0 Å². The van der Waals surface area contributed by atoms with Gasteiger partial charge in [0, 0.05) is 20.0 Å². The van der Waals surface area contributed by atoms with Crippen LogP contribution in [0.3, 0.4) is 0 Å². The van der Waals surface area contributed by atoms with Crippen LogP contribution in [0.1, 0.15) is 13.8 Å². The molecular weight excluding hydrogens is 156 g/mol. The Hall–Kier alpha value is -0.610. The largest absolute Gasteiger partial charge is 0.370 e. The molecule has 1 atom stereocenters. The molecule has 0 aliphatic carbocycles. The molecule has 1 rings (SSSR count). The zero-order chi connectivity index (χ0) is 9.19. The van der Waals surface area contributed by atoms with Crippen LogP contribution in [0.2, 0.25) is 0 Å². The molecule has 1 amide bonds. The summed E-state index contributed by atoms with van der Waals surface area (Å²) in [6.07, 6.45) is 0. The quantitative estimate of drug-likeness (QED) is 0.584. The van der Waals surface area contributed by atoms with E-state index in [1.54, 1.807) is 11.8 Å². The van der Waals surface area contributed by atoms with Crippen LogP contribution < -0.4 is 5.73 Å². The molecule has 70 valence electrons. The summed E-state index contributed by atoms with van der Waals surface area (Å²) in [6.45, 7) is 5.85. The van der Waals surface area contributed by atoms with E-state index in [0.29, 0.717) is 26.2 Å². The minimum Gasteiger partial charge on any atom is -0.370 e. The maximum Gasteiger partial charge on any atom is 0.219 e. The molecule has 1 aliphatic rings. The third-order valence-corrected chi connectivity index (χ3v) is 2.21. The van der Waals surface area contributed by atoms with Crippen molar-refractivity contribution in [2.75, 3.05) is 26.2 Å². The van der Waals surface area contributed by atoms with Crippen molar-refractivity contribution < 1.29 is 9.53 Å². The molecule has 1 heterocycles. The Balaban J connectivity index is 2.57. The third-order valence-electron chi connectivity index (χ3n) is 2.21. The first-order valence-electron chi connectivity index (χ1n) is 4.17. The van der Waals surface area contributed by atoms with Gasteiger partial charge in [0.1, 0.15) is 0 Å². The van der Waals surface area contributed by atoms with E-state index < -0.39 is 0 Å². The van der Waals surface area contributed by atoms with Gasteiger partial charge in [-0.2, -0.15) is 0 Å². The molecule has 0 aromatic rings. The van der Waals surface area contributed by atoms with E-state index >= 15 is 0 Å². The Morgan fingerprint density at radius 3 is 2.92 bits per heavy atom. The van der Waals surface area contributed by atoms with Gasteiger partial charge in [0.25, 0.3) is 0 Å². The minimum absolute atomic E-state index is 0.0953. The van der Waals surface area contributed by atoms with Gasteiger partial charge in [-0.3, -0.25) is 4.79 Å². The van der Waals surface area contributed by atoms with Crippen molar-refractivity contribution in [3.63, 3.8) is 0 Å². The van der Waals surface area contributed by atoms with Crippen LogP contribution in [0.15, 0.2) is 0 Å². The maximum absolute atomic E-state index is 11.0. The van der Waals surface area contributed by atoms with Gasteiger partial charge in [0.05, 0.1) is 18.8 Å². The highest BCUT2D eigenvalue weighted by molar-refractivity contribution is 5.73. The van der Waals surface area contributed by atoms with Crippen molar-refractivity contribution in [3.8, 4) is 0 Å². The summed E-state index contributed by atoms with van der Waals surface area (Å²) in [4.78, 5) is 12.8. The molecule has 4 nitrogen and oxygen atoms in total. The summed E-state index contributed by atoms with van der Waals surface area (Å²) >= 11 is 0. The molecular formula is C8H16N2O2. The number of hydrogen-bond donors (Lipinski definition) is 1. The molecule has 0 radical (unpaired) electrons. The fraction of sp³-hybridized carbons (Fsp3) is 0.875. The second-order valence-electron chi connectivity index (χ2n) is 3.44. The van der Waals surface area contributed by atoms with Gasteiger partial charge >= 0.3 is 0 Å². The summed E-state index contributed by atoms with van der Waals surface area (Å²) < 4.78 is 5.48. The number of carbonyl (C=O) groups is 1. The molecule has 4 heteroatoms. The summed E-state index contributed by atoms with van der Waals surface area (Å²) in [5, 5.41) is 0. The number of rotatable bonds is 1. The molecule has 1 aliphatic heterocycles. The van der Waals surface area contributed by atoms with E-state index in [0.717, 1.165) is 0 Å². The van der Waals surface area contributed by atoms with Gasteiger partial charge in [0.2, 0.25) is 5.91 Å². The highest BCUT2D eigenvalue weighted by Gasteiger charge is 2.31. The predicted octanol–water partition coefficient (Wildman–Crippen LogP) is -0.417. The molecule has 0 spiro atoms. The Morgan fingerprint density at radius 1 is 1.75 bits per heavy atom. The summed E-state index contributed by atoms with van der Waals surface area (Å²) in [5.41, 5.74) is 5.19. The van der Waals surface area contributed by atoms with Crippen LogP contribution in [-0.2, 0) is 9.53 Å². The molecule has 1 saturated heterocycles. The lowest BCUT2D eigenvalue weighted by Gasteiger charge is -2.39. The lowest BCUT2D eigenvalue weighted by Crippen LogP contribution is -2.55. The van der Waals surface area contributed by atoms with E-state index in [4.69, 9.17) is 10.5 Å². The fourth-order valence-corrected chi connectivity index (χ4v) is 1.32. The zero-order valence-electron chi connectivity index (χ0n) is 7.67. The van der Waals surface area contributed by atoms with Gasteiger partial charge < -0.3 is 15.4 Å². The Bertz CT molecular complexity index is 184. The number of ether oxygens (including phenoxy) is 1. The van der Waals surface area contributed by atoms with Gasteiger partial charge in [0.15, 0.2) is 0 Å². The minimum atomic E-state index is -0.343. The Labute approximate surface area is 72.7 Å². The fourth-order valence-electron chi connectivity index (χ4n) is 1.32. The SMILES string of the molecule is CC(=O)N1CCOC(C)(CN)C1. The lowest BCUT2D eigenvalue weighted by molar-refractivity contribution is -0.144. The molecule has 12 heavy (non-hydrogen) atoms. The van der Waals surface area contributed by atoms with Crippen LogP contribution in [0.25, 0.3) is 0 Å². The molecule has 0 saturated carbocycles. The van der Waals surface area contributed by atoms with Crippen molar-refractivity contribution in [3.05, 3.63) is 0 Å². The molecule has 1 unspecified atom stereocenters. The van der Waals surface area contributed by atoms with Gasteiger partial charge in [-0.15, -0.1) is 0 Å². The van der Waals surface area contributed by atoms with Crippen molar-refractivity contribution in [1.82, 2.24) is 4.90 Å². The van der Waals surface area contributed by atoms with Crippen molar-refractivity contribution in [2.45, 2.75) is 19.4 Å². The Kier molecular flexibility index (Phi) is 2.69. The zero-order valence-corrected chi connectivity index (χ0v) is 7.67. The van der Waals surface area contributed by atoms with E-state index in [-0.39, 0.29) is 11.5 Å². The number of carbonyl (C=O) groups excluding carboxylic acids is 1. The summed E-state index contributed by atoms with van der Waals surface area (Å²) in [6, 6.07) is 0. The molecule has 1 fully saturated rings. The number of amides is 1. The second kappa shape index (κ2) is 3.41. The van der Waals surface area contributed by atoms with Crippen LogP contribution in [0.4, 0.5) is 0 Å². The van der Waals surface area contributed by atoms with Gasteiger partial charge in [-0.25, -0.2) is 0 Å². The van der Waals surface area contributed by atoms with Crippen molar-refractivity contribution in [1.29, 1.82) is 0 Å². The monoisotopic (exact) mass is 172 g/mol. The number of hydrogen-bond acceptors (Lipinski definition) is 3. The topological polar surface area (TPSA) is 55.6 Å². The number of nitrogens with two attached hydrogens (primary N) is 1. The first-order chi connectivity index (χ1) is 5.57. The molecule has 2 N–H and O–H groups in total. The molecule has 0 aromatic carbocycles. The maximum atomic E-state index is 11.0. The van der Waals surface area contributed by atoms with Crippen molar-refractivity contribution in [2.24, 2.45) is 5.73 Å². The first kappa shape index (κ1) is 9.48. The van der Waals surface area contributed by atoms with E-state index in [1.807, 2.05) is 6.92 Å². The molecule has 0 bridgehead atoms. The van der Waals surface area contributed by atoms with Crippen LogP contribution in [0, 0.1) is 0 Å². The average molecular weight is 172 g/mol. The van der Waals surface area contributed by atoms with Crippen molar-refractivity contribution >= 4 is 5.91 Å². The first-order valence-corrected chi connectivity index (χ1v) is 4.17. The summed E-state index contributed by atoms with van der Waals surface area (Å²) in [5.74, 6) is 0.0953. The predicted molar refractivity (Wildman–Crippen MR) is 45.7 cm³/mol. The van der Waals surface area contributed by atoms with Crippen LogP contribution in [0.5, 0.6) is 0 Å². The van der Waals surface area contributed by atoms with Crippen LogP contribution >= 0.6 is 0 Å². The molecule has 0 aromatic heterocycles. The van der Waals surface area contributed by atoms with Gasteiger partial charge in [-0.05, 0) is 6.92 Å². The number of nitrogens with zero attached hydrogens (tertiary/aromatic N) is 1. The normalized spacial score (nSPS) is 30.4. The van der Waals surface area contributed by atoms with Crippen LogP contribution in [-0.4, -0.2) is 42.6 Å². The summed E-state index contributed by atoms with van der Waals surface area (Å²) in [7, 11) is 0. The lowest BCUT2D eigenvalue weighted by atomic mass is 10.1. The highest BCUT2D eigenvalue weighted by atomic mass is 16.5. The third kappa shape index (κ3) is 1.95. The van der Waals surface area contributed by atoms with E-state index in [1.165, 1.54) is 0 Å². The standard InChI is InChI=1S/C8H16N2O2/c1-7(11)10-3-4-12-8(2,5-9)6-10/h3-6,9H2,1-2H3. The highest BCUT2D eigenvalue weighted by Crippen LogP contribution is 2.15. The Morgan fingerprint density at radius 2 is 2.42 bits per heavy atom. The smallest absolute Gasteiger partial charge is 0.219 e. The van der Waals surface area contributed by atoms with Gasteiger partial charge in [-0.1, -0.05) is 0 Å². The average Bonchev–Trinajstić information content (AvgIpc) is 2.05. The number of morpholine rings is 1. The second-order valence-corrected chi connectivity index (χ2v) is 3.44.